The maximum Gasteiger partial charge on any atom is 0.315 e. The van der Waals surface area contributed by atoms with Crippen LogP contribution in [-0.4, -0.2) is 26.8 Å². The second-order valence-corrected chi connectivity index (χ2v) is 5.14. The number of nitrogens with zero attached hydrogens (tertiary/aromatic N) is 3. The van der Waals surface area contributed by atoms with Crippen LogP contribution in [0.4, 0.5) is 11.5 Å². The SMILES string of the molecule is Cc1cc(NC(=O)C(=O)Nc2cnn(Cc3ccccc3)c2)no1. The number of aromatic nitrogens is 3. The predicted molar refractivity (Wildman–Crippen MR) is 86.3 cm³/mol. The molecule has 3 aromatic rings. The van der Waals surface area contributed by atoms with E-state index in [9.17, 15) is 9.59 Å². The predicted octanol–water partition coefficient (Wildman–Crippen LogP) is 1.81. The summed E-state index contributed by atoms with van der Waals surface area (Å²) in [5.74, 6) is -0.922. The molecule has 0 aliphatic carbocycles. The first-order valence-corrected chi connectivity index (χ1v) is 7.22. The molecule has 0 bridgehead atoms. The molecule has 0 aliphatic heterocycles. The van der Waals surface area contributed by atoms with E-state index >= 15 is 0 Å². The normalized spacial score (nSPS) is 10.4. The van der Waals surface area contributed by atoms with Crippen LogP contribution in [0.2, 0.25) is 0 Å². The highest BCUT2D eigenvalue weighted by Crippen LogP contribution is 2.09. The molecule has 0 unspecified atom stereocenters. The number of carbonyl (C=O) groups excluding carboxylic acids is 2. The van der Waals surface area contributed by atoms with Gasteiger partial charge in [-0.05, 0) is 12.5 Å². The Kier molecular flexibility index (Phi) is 4.37. The number of hydrogen-bond acceptors (Lipinski definition) is 5. The summed E-state index contributed by atoms with van der Waals surface area (Å²) in [6, 6.07) is 11.3. The van der Waals surface area contributed by atoms with Crippen molar-refractivity contribution in [1.29, 1.82) is 0 Å². The fourth-order valence-electron chi connectivity index (χ4n) is 2.07. The van der Waals surface area contributed by atoms with Crippen molar-refractivity contribution < 1.29 is 14.1 Å². The van der Waals surface area contributed by atoms with Crippen LogP contribution in [0, 0.1) is 6.92 Å². The van der Waals surface area contributed by atoms with E-state index in [0.29, 0.717) is 18.0 Å². The van der Waals surface area contributed by atoms with Crippen LogP contribution in [0.1, 0.15) is 11.3 Å². The van der Waals surface area contributed by atoms with Crippen molar-refractivity contribution in [2.75, 3.05) is 10.6 Å². The first-order chi connectivity index (χ1) is 11.6. The standard InChI is InChI=1S/C16H15N5O3/c1-11-7-14(20-24-11)19-16(23)15(22)18-13-8-17-21(10-13)9-12-5-3-2-4-6-12/h2-8,10H,9H2,1H3,(H,18,22)(H,19,20,23). The minimum atomic E-state index is -0.834. The van der Waals surface area contributed by atoms with Crippen molar-refractivity contribution in [2.45, 2.75) is 13.5 Å². The van der Waals surface area contributed by atoms with Gasteiger partial charge >= 0.3 is 11.8 Å². The first-order valence-electron chi connectivity index (χ1n) is 7.22. The Morgan fingerprint density at radius 2 is 1.92 bits per heavy atom. The average molecular weight is 325 g/mol. The van der Waals surface area contributed by atoms with Crippen LogP contribution in [-0.2, 0) is 16.1 Å². The number of carbonyl (C=O) groups is 2. The average Bonchev–Trinajstić information content (AvgIpc) is 3.17. The van der Waals surface area contributed by atoms with E-state index in [1.165, 1.54) is 12.3 Å². The van der Waals surface area contributed by atoms with Gasteiger partial charge in [0, 0.05) is 12.3 Å². The lowest BCUT2D eigenvalue weighted by Crippen LogP contribution is -2.29. The highest BCUT2D eigenvalue weighted by atomic mass is 16.5. The van der Waals surface area contributed by atoms with E-state index in [2.05, 4.69) is 20.9 Å². The molecule has 2 amide bonds. The van der Waals surface area contributed by atoms with Gasteiger partial charge in [-0.2, -0.15) is 5.10 Å². The van der Waals surface area contributed by atoms with Crippen LogP contribution in [0.5, 0.6) is 0 Å². The number of benzene rings is 1. The molecule has 24 heavy (non-hydrogen) atoms. The summed E-state index contributed by atoms with van der Waals surface area (Å²) in [7, 11) is 0. The van der Waals surface area contributed by atoms with Crippen molar-refractivity contribution in [3.05, 3.63) is 60.1 Å². The van der Waals surface area contributed by atoms with E-state index in [-0.39, 0.29) is 5.82 Å². The van der Waals surface area contributed by atoms with Gasteiger partial charge in [0.25, 0.3) is 0 Å². The van der Waals surface area contributed by atoms with Gasteiger partial charge in [0.05, 0.1) is 18.4 Å². The van der Waals surface area contributed by atoms with Crippen molar-refractivity contribution in [2.24, 2.45) is 0 Å². The van der Waals surface area contributed by atoms with Crippen LogP contribution >= 0.6 is 0 Å². The van der Waals surface area contributed by atoms with Gasteiger partial charge in [0.1, 0.15) is 5.76 Å². The van der Waals surface area contributed by atoms with Crippen molar-refractivity contribution in [3.63, 3.8) is 0 Å². The van der Waals surface area contributed by atoms with Crippen LogP contribution < -0.4 is 10.6 Å². The Labute approximate surface area is 137 Å². The fourth-order valence-corrected chi connectivity index (χ4v) is 2.07. The number of nitrogens with one attached hydrogen (secondary N) is 2. The summed E-state index contributed by atoms with van der Waals surface area (Å²) in [6.45, 7) is 2.25. The minimum absolute atomic E-state index is 0.187. The summed E-state index contributed by atoms with van der Waals surface area (Å²) in [4.78, 5) is 23.7. The van der Waals surface area contributed by atoms with E-state index in [4.69, 9.17) is 4.52 Å². The third-order valence-electron chi connectivity index (χ3n) is 3.15. The molecule has 2 N–H and O–H groups in total. The Hall–Kier alpha value is -3.42. The topological polar surface area (TPSA) is 102 Å². The lowest BCUT2D eigenvalue weighted by atomic mass is 10.2. The van der Waals surface area contributed by atoms with Gasteiger partial charge in [-0.1, -0.05) is 35.5 Å². The summed E-state index contributed by atoms with van der Waals surface area (Å²) < 4.78 is 6.48. The molecular formula is C16H15N5O3. The molecule has 0 radical (unpaired) electrons. The van der Waals surface area contributed by atoms with Gasteiger partial charge in [0.2, 0.25) is 0 Å². The zero-order chi connectivity index (χ0) is 16.9. The number of rotatable bonds is 4. The third kappa shape index (κ3) is 3.86. The smallest absolute Gasteiger partial charge is 0.315 e. The van der Waals surface area contributed by atoms with Crippen molar-refractivity contribution in [3.8, 4) is 0 Å². The molecule has 0 saturated carbocycles. The van der Waals surface area contributed by atoms with Gasteiger partial charge in [-0.15, -0.1) is 0 Å². The minimum Gasteiger partial charge on any atom is -0.360 e. The Balaban J connectivity index is 1.57. The largest absolute Gasteiger partial charge is 0.360 e. The monoisotopic (exact) mass is 325 g/mol. The molecule has 0 fully saturated rings. The Morgan fingerprint density at radius 3 is 2.62 bits per heavy atom. The molecular weight excluding hydrogens is 310 g/mol. The second-order valence-electron chi connectivity index (χ2n) is 5.14. The number of anilines is 2. The van der Waals surface area contributed by atoms with Crippen LogP contribution in [0.3, 0.4) is 0 Å². The Morgan fingerprint density at radius 1 is 1.17 bits per heavy atom. The van der Waals surface area contributed by atoms with Crippen molar-refractivity contribution in [1.82, 2.24) is 14.9 Å². The van der Waals surface area contributed by atoms with E-state index in [0.717, 1.165) is 5.56 Å². The number of hydrogen-bond donors (Lipinski definition) is 2. The zero-order valence-electron chi connectivity index (χ0n) is 12.9. The fraction of sp³-hybridized carbons (Fsp3) is 0.125. The van der Waals surface area contributed by atoms with Gasteiger partial charge in [0.15, 0.2) is 5.82 Å². The van der Waals surface area contributed by atoms with Gasteiger partial charge < -0.3 is 9.84 Å². The maximum atomic E-state index is 11.9. The van der Waals surface area contributed by atoms with Crippen LogP contribution in [0.25, 0.3) is 0 Å². The van der Waals surface area contributed by atoms with Crippen molar-refractivity contribution >= 4 is 23.3 Å². The molecule has 8 nitrogen and oxygen atoms in total. The molecule has 0 spiro atoms. The molecule has 0 saturated heterocycles. The summed E-state index contributed by atoms with van der Waals surface area (Å²) in [5, 5.41) is 12.6. The van der Waals surface area contributed by atoms with E-state index in [1.807, 2.05) is 30.3 Å². The maximum absolute atomic E-state index is 11.9. The molecule has 8 heteroatoms. The molecule has 0 atom stereocenters. The third-order valence-corrected chi connectivity index (χ3v) is 3.15. The highest BCUT2D eigenvalue weighted by Gasteiger charge is 2.16. The van der Waals surface area contributed by atoms with E-state index < -0.39 is 11.8 Å². The summed E-state index contributed by atoms with van der Waals surface area (Å²) in [5.41, 5.74) is 1.51. The molecule has 122 valence electrons. The number of aryl methyl sites for hydroxylation is 1. The molecule has 3 rings (SSSR count). The lowest BCUT2D eigenvalue weighted by Gasteiger charge is -2.02. The molecule has 2 heterocycles. The molecule has 2 aromatic heterocycles. The second kappa shape index (κ2) is 6.78. The van der Waals surface area contributed by atoms with Gasteiger partial charge in [-0.3, -0.25) is 19.6 Å². The molecule has 0 aliphatic rings. The quantitative estimate of drug-likeness (QED) is 0.712. The highest BCUT2D eigenvalue weighted by molar-refractivity contribution is 6.43. The summed E-state index contributed by atoms with van der Waals surface area (Å²) in [6.07, 6.45) is 3.13. The van der Waals surface area contributed by atoms with Gasteiger partial charge in [-0.25, -0.2) is 0 Å². The number of amides is 2. The Bertz CT molecular complexity index is 853. The summed E-state index contributed by atoms with van der Waals surface area (Å²) >= 11 is 0. The molecule has 1 aromatic carbocycles. The zero-order valence-corrected chi connectivity index (χ0v) is 12.9. The van der Waals surface area contributed by atoms with E-state index in [1.54, 1.807) is 17.8 Å². The lowest BCUT2D eigenvalue weighted by molar-refractivity contribution is -0.133. The first kappa shape index (κ1) is 15.5. The van der Waals surface area contributed by atoms with Crippen LogP contribution in [0.15, 0.2) is 53.3 Å².